The molecule has 1 aliphatic carbocycles. The minimum absolute atomic E-state index is 0.0396. The van der Waals surface area contributed by atoms with Crippen molar-refractivity contribution in [2.75, 3.05) is 44.7 Å². The molecular formula is C21H31N3O3. The van der Waals surface area contributed by atoms with Crippen LogP contribution in [0.2, 0.25) is 0 Å². The standard InChI is InChI=1S/C21H31N3O3/c1-16(23-9-11-24(12-10-23)18-5-3-2-4-6-18)21(25)22-17-7-8-19-20(15-17)27-14-13-26-19/h7-8,15-16,18H,2-6,9-14H2,1H3,(H,22,25)/t16-/m0/s1. The quantitative estimate of drug-likeness (QED) is 0.880. The van der Waals surface area contributed by atoms with E-state index in [9.17, 15) is 4.79 Å². The monoisotopic (exact) mass is 373 g/mol. The number of carbonyl (C=O) groups is 1. The number of rotatable bonds is 4. The molecule has 0 unspecified atom stereocenters. The van der Waals surface area contributed by atoms with Gasteiger partial charge in [0.25, 0.3) is 0 Å². The van der Waals surface area contributed by atoms with Gasteiger partial charge in [-0.15, -0.1) is 0 Å². The molecule has 0 aromatic heterocycles. The van der Waals surface area contributed by atoms with Crippen LogP contribution in [0, 0.1) is 0 Å². The summed E-state index contributed by atoms with van der Waals surface area (Å²) in [5, 5.41) is 3.03. The van der Waals surface area contributed by atoms with Gasteiger partial charge in [0.05, 0.1) is 6.04 Å². The molecule has 0 radical (unpaired) electrons. The predicted octanol–water partition coefficient (Wildman–Crippen LogP) is 2.74. The number of fused-ring (bicyclic) bond motifs is 1. The van der Waals surface area contributed by atoms with Crippen LogP contribution in [0.3, 0.4) is 0 Å². The molecule has 0 spiro atoms. The van der Waals surface area contributed by atoms with Crippen LogP contribution in [0.4, 0.5) is 5.69 Å². The highest BCUT2D eigenvalue weighted by Crippen LogP contribution is 2.32. The van der Waals surface area contributed by atoms with E-state index in [4.69, 9.17) is 9.47 Å². The fraction of sp³-hybridized carbons (Fsp3) is 0.667. The second kappa shape index (κ2) is 8.48. The highest BCUT2D eigenvalue weighted by atomic mass is 16.6. The van der Waals surface area contributed by atoms with E-state index in [-0.39, 0.29) is 11.9 Å². The smallest absolute Gasteiger partial charge is 0.241 e. The van der Waals surface area contributed by atoms with E-state index in [2.05, 4.69) is 15.1 Å². The van der Waals surface area contributed by atoms with Crippen molar-refractivity contribution in [3.8, 4) is 11.5 Å². The summed E-state index contributed by atoms with van der Waals surface area (Å²) < 4.78 is 11.1. The van der Waals surface area contributed by atoms with Gasteiger partial charge in [-0.3, -0.25) is 14.6 Å². The van der Waals surface area contributed by atoms with Gasteiger partial charge in [-0.25, -0.2) is 0 Å². The van der Waals surface area contributed by atoms with Crippen LogP contribution in [0.5, 0.6) is 11.5 Å². The molecule has 4 rings (SSSR count). The Morgan fingerprint density at radius 1 is 1.04 bits per heavy atom. The number of benzene rings is 1. The van der Waals surface area contributed by atoms with Crippen molar-refractivity contribution in [1.29, 1.82) is 0 Å². The summed E-state index contributed by atoms with van der Waals surface area (Å²) in [7, 11) is 0. The van der Waals surface area contributed by atoms with Gasteiger partial charge in [0.2, 0.25) is 5.91 Å². The van der Waals surface area contributed by atoms with Crippen LogP contribution >= 0.6 is 0 Å². The van der Waals surface area contributed by atoms with Crippen LogP contribution < -0.4 is 14.8 Å². The molecule has 6 nitrogen and oxygen atoms in total. The summed E-state index contributed by atoms with van der Waals surface area (Å²) in [6.45, 7) is 7.20. The number of piperazine rings is 1. The lowest BCUT2D eigenvalue weighted by Gasteiger charge is -2.42. The van der Waals surface area contributed by atoms with Crippen LogP contribution in [0.15, 0.2) is 18.2 Å². The van der Waals surface area contributed by atoms with Crippen molar-refractivity contribution >= 4 is 11.6 Å². The summed E-state index contributed by atoms with van der Waals surface area (Å²) in [4.78, 5) is 17.7. The Morgan fingerprint density at radius 2 is 1.74 bits per heavy atom. The van der Waals surface area contributed by atoms with Gasteiger partial charge in [-0.05, 0) is 31.9 Å². The summed E-state index contributed by atoms with van der Waals surface area (Å²) >= 11 is 0. The molecular weight excluding hydrogens is 342 g/mol. The molecule has 3 aliphatic rings. The molecule has 1 N–H and O–H groups in total. The molecule has 2 fully saturated rings. The van der Waals surface area contributed by atoms with E-state index in [1.54, 1.807) is 0 Å². The lowest BCUT2D eigenvalue weighted by atomic mass is 9.94. The van der Waals surface area contributed by atoms with Gasteiger partial charge in [0.1, 0.15) is 13.2 Å². The van der Waals surface area contributed by atoms with Gasteiger partial charge in [0.15, 0.2) is 11.5 Å². The molecule has 2 aliphatic heterocycles. The third-order valence-electron chi connectivity index (χ3n) is 6.18. The van der Waals surface area contributed by atoms with Gasteiger partial charge < -0.3 is 14.8 Å². The Balaban J connectivity index is 1.29. The number of hydrogen-bond acceptors (Lipinski definition) is 5. The number of anilines is 1. The van der Waals surface area contributed by atoms with Gasteiger partial charge in [-0.2, -0.15) is 0 Å². The summed E-state index contributed by atoms with van der Waals surface area (Å²) in [6, 6.07) is 6.21. The lowest BCUT2D eigenvalue weighted by molar-refractivity contribution is -0.121. The number of hydrogen-bond donors (Lipinski definition) is 1. The van der Waals surface area contributed by atoms with Crippen molar-refractivity contribution in [2.24, 2.45) is 0 Å². The number of nitrogens with one attached hydrogen (secondary N) is 1. The topological polar surface area (TPSA) is 54.0 Å². The fourth-order valence-electron chi connectivity index (χ4n) is 4.47. The third kappa shape index (κ3) is 4.38. The average molecular weight is 373 g/mol. The maximum Gasteiger partial charge on any atom is 0.241 e. The molecule has 1 atom stereocenters. The zero-order valence-electron chi connectivity index (χ0n) is 16.3. The average Bonchev–Trinajstić information content (AvgIpc) is 2.74. The second-order valence-corrected chi connectivity index (χ2v) is 7.89. The van der Waals surface area contributed by atoms with Crippen LogP contribution in [0.25, 0.3) is 0 Å². The fourth-order valence-corrected chi connectivity index (χ4v) is 4.47. The van der Waals surface area contributed by atoms with Crippen molar-refractivity contribution < 1.29 is 14.3 Å². The van der Waals surface area contributed by atoms with E-state index in [0.29, 0.717) is 19.0 Å². The SMILES string of the molecule is C[C@@H](C(=O)Nc1ccc2c(c1)OCCO2)N1CCN(C2CCCCC2)CC1. The first-order chi connectivity index (χ1) is 13.2. The van der Waals surface area contributed by atoms with E-state index < -0.39 is 0 Å². The number of nitrogens with zero attached hydrogens (tertiary/aromatic N) is 2. The third-order valence-corrected chi connectivity index (χ3v) is 6.18. The van der Waals surface area contributed by atoms with E-state index in [0.717, 1.165) is 43.7 Å². The second-order valence-electron chi connectivity index (χ2n) is 7.89. The minimum atomic E-state index is -0.133. The molecule has 1 aromatic carbocycles. The zero-order chi connectivity index (χ0) is 18.6. The van der Waals surface area contributed by atoms with Crippen LogP contribution in [-0.4, -0.2) is 67.2 Å². The first kappa shape index (κ1) is 18.6. The van der Waals surface area contributed by atoms with Gasteiger partial charge >= 0.3 is 0 Å². The molecule has 1 aromatic rings. The predicted molar refractivity (Wildman–Crippen MR) is 106 cm³/mol. The lowest BCUT2D eigenvalue weighted by Crippen LogP contribution is -2.55. The first-order valence-corrected chi connectivity index (χ1v) is 10.4. The molecule has 27 heavy (non-hydrogen) atoms. The first-order valence-electron chi connectivity index (χ1n) is 10.4. The Bertz CT molecular complexity index is 652. The summed E-state index contributed by atoms with van der Waals surface area (Å²) in [6.07, 6.45) is 6.84. The van der Waals surface area contributed by atoms with Crippen molar-refractivity contribution in [3.63, 3.8) is 0 Å². The number of amides is 1. The zero-order valence-corrected chi connectivity index (χ0v) is 16.3. The molecule has 1 amide bonds. The van der Waals surface area contributed by atoms with Crippen LogP contribution in [0.1, 0.15) is 39.0 Å². The van der Waals surface area contributed by atoms with Crippen LogP contribution in [-0.2, 0) is 4.79 Å². The molecule has 1 saturated carbocycles. The maximum absolute atomic E-state index is 12.7. The Kier molecular flexibility index (Phi) is 5.83. The van der Waals surface area contributed by atoms with E-state index in [1.807, 2.05) is 25.1 Å². The number of ether oxygens (including phenoxy) is 2. The van der Waals surface area contributed by atoms with Crippen molar-refractivity contribution in [2.45, 2.75) is 51.1 Å². The molecule has 0 bridgehead atoms. The summed E-state index contributed by atoms with van der Waals surface area (Å²) in [5.74, 6) is 1.48. The van der Waals surface area contributed by atoms with E-state index >= 15 is 0 Å². The molecule has 6 heteroatoms. The number of carbonyl (C=O) groups excluding carboxylic acids is 1. The largest absolute Gasteiger partial charge is 0.486 e. The summed E-state index contributed by atoms with van der Waals surface area (Å²) in [5.41, 5.74) is 0.761. The highest BCUT2D eigenvalue weighted by molar-refractivity contribution is 5.94. The van der Waals surface area contributed by atoms with E-state index in [1.165, 1.54) is 32.1 Å². The van der Waals surface area contributed by atoms with Crippen molar-refractivity contribution in [1.82, 2.24) is 9.80 Å². The highest BCUT2D eigenvalue weighted by Gasteiger charge is 2.29. The molecule has 2 heterocycles. The van der Waals surface area contributed by atoms with Crippen molar-refractivity contribution in [3.05, 3.63) is 18.2 Å². The normalized spacial score (nSPS) is 23.0. The van der Waals surface area contributed by atoms with Gasteiger partial charge in [-0.1, -0.05) is 19.3 Å². The minimum Gasteiger partial charge on any atom is -0.486 e. The Morgan fingerprint density at radius 3 is 2.48 bits per heavy atom. The van der Waals surface area contributed by atoms with Gasteiger partial charge in [0, 0.05) is 44.0 Å². The Labute approximate surface area is 161 Å². The Hall–Kier alpha value is -1.79. The maximum atomic E-state index is 12.7. The molecule has 148 valence electrons. The molecule has 1 saturated heterocycles.